The molecule has 4 rings (SSSR count). The highest BCUT2D eigenvalue weighted by atomic mass is 16.6. The van der Waals surface area contributed by atoms with Crippen LogP contribution in [0.15, 0.2) is 73.2 Å². The van der Waals surface area contributed by atoms with Crippen molar-refractivity contribution in [1.82, 2.24) is 19.6 Å². The third kappa shape index (κ3) is 3.37. The van der Waals surface area contributed by atoms with Crippen molar-refractivity contribution >= 4 is 5.69 Å². The van der Waals surface area contributed by atoms with Gasteiger partial charge >= 0.3 is 5.69 Å². The quantitative estimate of drug-likeness (QED) is 0.395. The van der Waals surface area contributed by atoms with Crippen LogP contribution in [0.25, 0.3) is 16.9 Å². The van der Waals surface area contributed by atoms with Gasteiger partial charge in [0.2, 0.25) is 0 Å². The zero-order valence-corrected chi connectivity index (χ0v) is 14.6. The molecule has 136 valence electrons. The van der Waals surface area contributed by atoms with Gasteiger partial charge in [0.15, 0.2) is 5.69 Å². The molecule has 0 amide bonds. The Morgan fingerprint density at radius 1 is 1.11 bits per heavy atom. The van der Waals surface area contributed by atoms with Crippen LogP contribution in [-0.4, -0.2) is 24.5 Å². The molecule has 0 N–H and O–H groups in total. The lowest BCUT2D eigenvalue weighted by Gasteiger charge is -2.01. The van der Waals surface area contributed by atoms with E-state index in [2.05, 4.69) is 16.3 Å². The van der Waals surface area contributed by atoms with Crippen LogP contribution in [-0.2, 0) is 6.54 Å². The molecule has 2 aromatic carbocycles. The fourth-order valence-corrected chi connectivity index (χ4v) is 2.92. The lowest BCUT2D eigenvalue weighted by atomic mass is 10.1. The summed E-state index contributed by atoms with van der Waals surface area (Å²) in [6, 6.07) is 18.6. The van der Waals surface area contributed by atoms with E-state index in [1.807, 2.05) is 36.4 Å². The van der Waals surface area contributed by atoms with E-state index in [0.29, 0.717) is 17.7 Å². The van der Waals surface area contributed by atoms with E-state index < -0.39 is 4.92 Å². The molecule has 0 radical (unpaired) electrons. The van der Waals surface area contributed by atoms with Crippen molar-refractivity contribution in [1.29, 1.82) is 5.26 Å². The molecule has 0 atom stereocenters. The van der Waals surface area contributed by atoms with Crippen molar-refractivity contribution < 1.29 is 4.92 Å². The van der Waals surface area contributed by atoms with Gasteiger partial charge in [0.1, 0.15) is 6.20 Å². The van der Waals surface area contributed by atoms with Crippen LogP contribution in [0.1, 0.15) is 11.1 Å². The molecule has 0 aliphatic rings. The van der Waals surface area contributed by atoms with E-state index in [1.54, 1.807) is 35.3 Å². The number of nitriles is 1. The predicted molar refractivity (Wildman–Crippen MR) is 102 cm³/mol. The molecule has 0 spiro atoms. The molecule has 0 bridgehead atoms. The summed E-state index contributed by atoms with van der Waals surface area (Å²) in [6.07, 6.45) is 4.67. The van der Waals surface area contributed by atoms with Gasteiger partial charge in [0, 0.05) is 11.8 Å². The van der Waals surface area contributed by atoms with E-state index in [-0.39, 0.29) is 11.4 Å². The number of aromatic nitrogens is 4. The van der Waals surface area contributed by atoms with Gasteiger partial charge in [-0.1, -0.05) is 30.3 Å². The Balaban J connectivity index is 1.69. The Labute approximate surface area is 160 Å². The first-order valence-corrected chi connectivity index (χ1v) is 8.45. The van der Waals surface area contributed by atoms with Gasteiger partial charge in [0.25, 0.3) is 0 Å². The molecule has 0 saturated heterocycles. The van der Waals surface area contributed by atoms with E-state index in [9.17, 15) is 10.1 Å². The number of hydrogen-bond acceptors (Lipinski definition) is 5. The maximum Gasteiger partial charge on any atom is 0.315 e. The highest BCUT2D eigenvalue weighted by molar-refractivity contribution is 5.68. The first-order chi connectivity index (χ1) is 13.6. The van der Waals surface area contributed by atoms with Crippen LogP contribution in [0.3, 0.4) is 0 Å². The maximum atomic E-state index is 11.5. The van der Waals surface area contributed by atoms with Gasteiger partial charge < -0.3 is 0 Å². The minimum Gasteiger partial charge on any atom is -0.261 e. The molecule has 0 aliphatic carbocycles. The lowest BCUT2D eigenvalue weighted by molar-refractivity contribution is -0.384. The van der Waals surface area contributed by atoms with Crippen LogP contribution in [0.5, 0.6) is 0 Å². The van der Waals surface area contributed by atoms with Crippen LogP contribution in [0.4, 0.5) is 5.69 Å². The summed E-state index contributed by atoms with van der Waals surface area (Å²) in [6.45, 7) is 0.323. The number of nitro groups is 1. The highest BCUT2D eigenvalue weighted by Gasteiger charge is 2.22. The number of benzene rings is 2. The van der Waals surface area contributed by atoms with Crippen molar-refractivity contribution in [3.05, 3.63) is 94.4 Å². The molecule has 2 heterocycles. The summed E-state index contributed by atoms with van der Waals surface area (Å²) in [5.41, 5.74) is 2.93. The number of nitrogens with zero attached hydrogens (tertiary/aromatic N) is 6. The fourth-order valence-electron chi connectivity index (χ4n) is 2.92. The molecule has 8 nitrogen and oxygen atoms in total. The highest BCUT2D eigenvalue weighted by Crippen LogP contribution is 2.29. The van der Waals surface area contributed by atoms with E-state index in [0.717, 1.165) is 11.3 Å². The summed E-state index contributed by atoms with van der Waals surface area (Å²) in [5, 5.41) is 29.2. The number of hydrogen-bond donors (Lipinski definition) is 0. The molecule has 0 fully saturated rings. The molecule has 0 saturated carbocycles. The van der Waals surface area contributed by atoms with Gasteiger partial charge in [-0.2, -0.15) is 15.5 Å². The molecule has 8 heteroatoms. The van der Waals surface area contributed by atoms with Crippen LogP contribution < -0.4 is 0 Å². The second-order valence-corrected chi connectivity index (χ2v) is 6.14. The number of para-hydroxylation sites is 1. The first kappa shape index (κ1) is 17.2. The normalized spacial score (nSPS) is 10.5. The average molecular weight is 370 g/mol. The van der Waals surface area contributed by atoms with E-state index in [4.69, 9.17) is 5.26 Å². The molecule has 0 unspecified atom stereocenters. The van der Waals surface area contributed by atoms with Crippen LogP contribution in [0, 0.1) is 21.4 Å². The SMILES string of the molecule is N#Cc1cccc(Cn2cc([N+](=O)[O-])c(-c3cnn(-c4ccccc4)c3)n2)c1. The summed E-state index contributed by atoms with van der Waals surface area (Å²) >= 11 is 0. The van der Waals surface area contributed by atoms with Gasteiger partial charge in [-0.05, 0) is 29.8 Å². The zero-order valence-electron chi connectivity index (χ0n) is 14.6. The minimum atomic E-state index is -0.454. The van der Waals surface area contributed by atoms with Crippen molar-refractivity contribution in [3.63, 3.8) is 0 Å². The molecule has 4 aromatic rings. The smallest absolute Gasteiger partial charge is 0.261 e. The summed E-state index contributed by atoms with van der Waals surface area (Å²) in [7, 11) is 0. The van der Waals surface area contributed by atoms with Crippen molar-refractivity contribution in [2.45, 2.75) is 6.54 Å². The average Bonchev–Trinajstić information content (AvgIpc) is 3.36. The van der Waals surface area contributed by atoms with Crippen molar-refractivity contribution in [2.24, 2.45) is 0 Å². The van der Waals surface area contributed by atoms with Gasteiger partial charge in [0.05, 0.1) is 35.0 Å². The van der Waals surface area contributed by atoms with E-state index in [1.165, 1.54) is 10.9 Å². The fraction of sp³-hybridized carbons (Fsp3) is 0.0500. The van der Waals surface area contributed by atoms with E-state index >= 15 is 0 Å². The molecular formula is C20H14N6O2. The van der Waals surface area contributed by atoms with Gasteiger partial charge in [-0.3, -0.25) is 14.8 Å². The van der Waals surface area contributed by atoms with Crippen molar-refractivity contribution in [2.75, 3.05) is 0 Å². The summed E-state index contributed by atoms with van der Waals surface area (Å²) in [4.78, 5) is 11.1. The third-order valence-corrected chi connectivity index (χ3v) is 4.22. The Morgan fingerprint density at radius 2 is 1.93 bits per heavy atom. The Kier molecular flexibility index (Phi) is 4.40. The van der Waals surface area contributed by atoms with Crippen LogP contribution >= 0.6 is 0 Å². The largest absolute Gasteiger partial charge is 0.315 e. The number of rotatable bonds is 5. The first-order valence-electron chi connectivity index (χ1n) is 8.45. The Bertz CT molecular complexity index is 1190. The van der Waals surface area contributed by atoms with Gasteiger partial charge in [-0.15, -0.1) is 0 Å². The predicted octanol–water partition coefficient (Wildman–Crippen LogP) is 3.56. The standard InChI is InChI=1S/C20H14N6O2/c21-10-15-5-4-6-16(9-15)12-24-14-19(26(27)28)20(23-24)17-11-22-25(13-17)18-7-2-1-3-8-18/h1-9,11,13-14H,12H2. The van der Waals surface area contributed by atoms with Crippen LogP contribution in [0.2, 0.25) is 0 Å². The Morgan fingerprint density at radius 3 is 2.68 bits per heavy atom. The zero-order chi connectivity index (χ0) is 19.5. The monoisotopic (exact) mass is 370 g/mol. The molecule has 2 aromatic heterocycles. The van der Waals surface area contributed by atoms with Gasteiger partial charge in [-0.25, -0.2) is 4.68 Å². The Hall–Kier alpha value is -4.25. The maximum absolute atomic E-state index is 11.5. The topological polar surface area (TPSA) is 103 Å². The third-order valence-electron chi connectivity index (χ3n) is 4.22. The molecule has 0 aliphatic heterocycles. The molecule has 28 heavy (non-hydrogen) atoms. The minimum absolute atomic E-state index is 0.0935. The summed E-state index contributed by atoms with van der Waals surface area (Å²) in [5.74, 6) is 0. The lowest BCUT2D eigenvalue weighted by Crippen LogP contribution is -2.00. The summed E-state index contributed by atoms with van der Waals surface area (Å²) < 4.78 is 3.15. The van der Waals surface area contributed by atoms with Crippen molar-refractivity contribution in [3.8, 4) is 23.0 Å². The second-order valence-electron chi connectivity index (χ2n) is 6.14. The molecular weight excluding hydrogens is 356 g/mol. The second kappa shape index (κ2) is 7.17.